The number of nitrogens with zero attached hydrogens (tertiary/aromatic N) is 1. The lowest BCUT2D eigenvalue weighted by atomic mass is 10.0. The molecule has 106 valence electrons. The van der Waals surface area contributed by atoms with Gasteiger partial charge >= 0.3 is 0 Å². The number of hydrogen-bond donors (Lipinski definition) is 1. The van der Waals surface area contributed by atoms with E-state index in [1.165, 1.54) is 16.7 Å². The largest absolute Gasteiger partial charge is 0.326 e. The highest BCUT2D eigenvalue weighted by Crippen LogP contribution is 2.30. The van der Waals surface area contributed by atoms with Gasteiger partial charge in [-0.3, -0.25) is 0 Å². The zero-order chi connectivity index (χ0) is 14.8. The fourth-order valence-electron chi connectivity index (χ4n) is 2.41. The molecular weight excluding hydrogens is 276 g/mol. The summed E-state index contributed by atoms with van der Waals surface area (Å²) in [5.74, 6) is 0. The molecule has 0 aliphatic rings. The van der Waals surface area contributed by atoms with Crippen LogP contribution >= 0.6 is 11.3 Å². The fourth-order valence-corrected chi connectivity index (χ4v) is 3.24. The first kappa shape index (κ1) is 14.0. The minimum atomic E-state index is 0.575. The topological polar surface area (TPSA) is 38.9 Å². The molecule has 0 aliphatic carbocycles. The minimum absolute atomic E-state index is 0.575. The van der Waals surface area contributed by atoms with Gasteiger partial charge in [0, 0.05) is 23.1 Å². The van der Waals surface area contributed by atoms with Gasteiger partial charge in [0.15, 0.2) is 0 Å². The number of benzene rings is 2. The molecule has 2 nitrogen and oxygen atoms in total. The van der Waals surface area contributed by atoms with Gasteiger partial charge in [-0.15, -0.1) is 11.3 Å². The average Bonchev–Trinajstić information content (AvgIpc) is 2.97. The first-order chi connectivity index (χ1) is 10.2. The summed E-state index contributed by atoms with van der Waals surface area (Å²) in [5, 5.41) is 3.18. The van der Waals surface area contributed by atoms with E-state index in [0.29, 0.717) is 6.54 Å². The van der Waals surface area contributed by atoms with E-state index < -0.39 is 0 Å². The van der Waals surface area contributed by atoms with Crippen molar-refractivity contribution in [3.05, 3.63) is 64.5 Å². The molecule has 0 radical (unpaired) electrons. The zero-order valence-corrected chi connectivity index (χ0v) is 13.1. The predicted octanol–water partition coefficient (Wildman–Crippen LogP) is 4.55. The van der Waals surface area contributed by atoms with Gasteiger partial charge in [0.1, 0.15) is 5.01 Å². The molecule has 0 fully saturated rings. The summed E-state index contributed by atoms with van der Waals surface area (Å²) in [5.41, 5.74) is 12.7. The lowest BCUT2D eigenvalue weighted by Gasteiger charge is -2.03. The molecule has 0 spiro atoms. The van der Waals surface area contributed by atoms with E-state index in [9.17, 15) is 0 Å². The van der Waals surface area contributed by atoms with E-state index in [-0.39, 0.29) is 0 Å². The van der Waals surface area contributed by atoms with E-state index in [1.807, 2.05) is 0 Å². The standard InChI is InChI=1S/C18H18N2S/c1-12-3-8-16(13(2)9-12)17-11-21-18(20-17)15-6-4-14(10-19)5-7-15/h3-9,11H,10,19H2,1-2H3. The molecule has 0 bridgehead atoms. The second kappa shape index (κ2) is 5.80. The Morgan fingerprint density at radius 2 is 1.81 bits per heavy atom. The van der Waals surface area contributed by atoms with Crippen molar-refractivity contribution in [3.8, 4) is 21.8 Å². The van der Waals surface area contributed by atoms with Crippen molar-refractivity contribution < 1.29 is 0 Å². The Morgan fingerprint density at radius 3 is 2.48 bits per heavy atom. The lowest BCUT2D eigenvalue weighted by molar-refractivity contribution is 1.07. The molecule has 0 saturated carbocycles. The average molecular weight is 294 g/mol. The molecule has 2 N–H and O–H groups in total. The Morgan fingerprint density at radius 1 is 1.05 bits per heavy atom. The first-order valence-corrected chi connectivity index (χ1v) is 7.88. The van der Waals surface area contributed by atoms with Crippen LogP contribution in [0.3, 0.4) is 0 Å². The Balaban J connectivity index is 1.95. The SMILES string of the molecule is Cc1ccc(-c2csc(-c3ccc(CN)cc3)n2)c(C)c1. The molecule has 3 heteroatoms. The number of hydrogen-bond acceptors (Lipinski definition) is 3. The number of nitrogens with two attached hydrogens (primary N) is 1. The van der Waals surface area contributed by atoms with Gasteiger partial charge < -0.3 is 5.73 Å². The van der Waals surface area contributed by atoms with E-state index in [2.05, 4.69) is 61.7 Å². The molecule has 3 aromatic rings. The molecule has 3 rings (SSSR count). The molecule has 2 aromatic carbocycles. The highest BCUT2D eigenvalue weighted by atomic mass is 32.1. The smallest absolute Gasteiger partial charge is 0.124 e. The molecule has 0 aliphatic heterocycles. The first-order valence-electron chi connectivity index (χ1n) is 7.00. The zero-order valence-electron chi connectivity index (χ0n) is 12.3. The van der Waals surface area contributed by atoms with Crippen LogP contribution in [0, 0.1) is 13.8 Å². The Kier molecular flexibility index (Phi) is 3.86. The Hall–Kier alpha value is -1.97. The van der Waals surface area contributed by atoms with Crippen molar-refractivity contribution in [2.45, 2.75) is 20.4 Å². The summed E-state index contributed by atoms with van der Waals surface area (Å²) in [6.07, 6.45) is 0. The third-order valence-corrected chi connectivity index (χ3v) is 4.49. The number of aryl methyl sites for hydroxylation is 2. The normalized spacial score (nSPS) is 10.8. The quantitative estimate of drug-likeness (QED) is 0.769. The van der Waals surface area contributed by atoms with E-state index in [0.717, 1.165) is 21.8 Å². The summed E-state index contributed by atoms with van der Waals surface area (Å²) < 4.78 is 0. The summed E-state index contributed by atoms with van der Waals surface area (Å²) in [4.78, 5) is 4.78. The Labute approximate surface area is 129 Å². The predicted molar refractivity (Wildman–Crippen MR) is 90.4 cm³/mol. The highest BCUT2D eigenvalue weighted by Gasteiger charge is 2.08. The van der Waals surface area contributed by atoms with Crippen LogP contribution in [0.25, 0.3) is 21.8 Å². The Bertz CT molecular complexity index is 757. The van der Waals surface area contributed by atoms with Crippen molar-refractivity contribution in [2.24, 2.45) is 5.73 Å². The van der Waals surface area contributed by atoms with Crippen molar-refractivity contribution in [1.82, 2.24) is 4.98 Å². The number of aromatic nitrogens is 1. The minimum Gasteiger partial charge on any atom is -0.326 e. The third kappa shape index (κ3) is 2.89. The van der Waals surface area contributed by atoms with Gasteiger partial charge in [-0.2, -0.15) is 0 Å². The maximum atomic E-state index is 5.63. The molecule has 1 aromatic heterocycles. The van der Waals surface area contributed by atoms with Gasteiger partial charge in [0.25, 0.3) is 0 Å². The summed E-state index contributed by atoms with van der Waals surface area (Å²) in [7, 11) is 0. The maximum Gasteiger partial charge on any atom is 0.124 e. The van der Waals surface area contributed by atoms with Crippen LogP contribution in [0.5, 0.6) is 0 Å². The number of thiazole rings is 1. The van der Waals surface area contributed by atoms with Crippen LogP contribution in [0.2, 0.25) is 0 Å². The van der Waals surface area contributed by atoms with Crippen molar-refractivity contribution >= 4 is 11.3 Å². The molecule has 0 saturated heterocycles. The van der Waals surface area contributed by atoms with Gasteiger partial charge in [-0.1, -0.05) is 48.0 Å². The molecule has 1 heterocycles. The van der Waals surface area contributed by atoms with Gasteiger partial charge in [0.2, 0.25) is 0 Å². The second-order valence-electron chi connectivity index (χ2n) is 5.26. The van der Waals surface area contributed by atoms with Crippen molar-refractivity contribution in [1.29, 1.82) is 0 Å². The van der Waals surface area contributed by atoms with Crippen molar-refractivity contribution in [2.75, 3.05) is 0 Å². The molecular formula is C18H18N2S. The van der Waals surface area contributed by atoms with Crippen LogP contribution in [0.4, 0.5) is 0 Å². The van der Waals surface area contributed by atoms with E-state index in [4.69, 9.17) is 10.7 Å². The lowest BCUT2D eigenvalue weighted by Crippen LogP contribution is -1.95. The molecule has 21 heavy (non-hydrogen) atoms. The second-order valence-corrected chi connectivity index (χ2v) is 6.12. The van der Waals surface area contributed by atoms with Gasteiger partial charge in [-0.25, -0.2) is 4.98 Å². The summed E-state index contributed by atoms with van der Waals surface area (Å²) in [6.45, 7) is 4.83. The molecule has 0 atom stereocenters. The van der Waals surface area contributed by atoms with Crippen LogP contribution in [0.15, 0.2) is 47.8 Å². The van der Waals surface area contributed by atoms with Crippen LogP contribution in [-0.4, -0.2) is 4.98 Å². The van der Waals surface area contributed by atoms with E-state index in [1.54, 1.807) is 11.3 Å². The summed E-state index contributed by atoms with van der Waals surface area (Å²) >= 11 is 1.68. The third-order valence-electron chi connectivity index (χ3n) is 3.60. The van der Waals surface area contributed by atoms with Crippen LogP contribution in [-0.2, 0) is 6.54 Å². The molecule has 0 amide bonds. The van der Waals surface area contributed by atoms with Gasteiger partial charge in [-0.05, 0) is 25.0 Å². The molecule has 0 unspecified atom stereocenters. The van der Waals surface area contributed by atoms with Crippen LogP contribution < -0.4 is 5.73 Å². The maximum absolute atomic E-state index is 5.63. The van der Waals surface area contributed by atoms with E-state index >= 15 is 0 Å². The van der Waals surface area contributed by atoms with Crippen molar-refractivity contribution in [3.63, 3.8) is 0 Å². The monoisotopic (exact) mass is 294 g/mol. The van der Waals surface area contributed by atoms with Gasteiger partial charge in [0.05, 0.1) is 5.69 Å². The van der Waals surface area contributed by atoms with Crippen LogP contribution in [0.1, 0.15) is 16.7 Å². The summed E-state index contributed by atoms with van der Waals surface area (Å²) in [6, 6.07) is 14.8. The fraction of sp³-hybridized carbons (Fsp3) is 0.167. The highest BCUT2D eigenvalue weighted by molar-refractivity contribution is 7.13. The number of rotatable bonds is 3.